The Kier molecular flexibility index (Phi) is 62.2. The molecule has 0 aliphatic carbocycles. The van der Waals surface area contributed by atoms with Crippen LogP contribution in [0.2, 0.25) is 0 Å². The van der Waals surface area contributed by atoms with E-state index < -0.39 is 6.10 Å². The van der Waals surface area contributed by atoms with E-state index in [1.807, 2.05) is 0 Å². The van der Waals surface area contributed by atoms with Gasteiger partial charge in [0.25, 0.3) is 0 Å². The summed E-state index contributed by atoms with van der Waals surface area (Å²) in [6, 6.07) is 0. The molecule has 0 saturated carbocycles. The topological polar surface area (TPSA) is 78.9 Å². The van der Waals surface area contributed by atoms with Crippen molar-refractivity contribution in [3.05, 3.63) is 85.1 Å². The van der Waals surface area contributed by atoms with Gasteiger partial charge in [-0.3, -0.25) is 14.4 Å². The third kappa shape index (κ3) is 63.3. The standard InChI is InChI=1S/C71H124O6/c1-4-7-10-13-16-19-22-25-28-31-34-35-38-40-43-46-49-52-55-58-61-64-70(73)76-67-68(77-71(74)65-62-59-56-53-50-47-44-41-37-33-30-27-24-21-18-15-12-9-6-3)66-75-69(72)63-60-57-54-51-48-45-42-39-36-32-29-26-23-20-17-14-11-8-5-2/h7,10,16,18-19,21,25-30,34-35,68H,4-6,8-9,11-15,17,20,22-24,31-33,36-67H2,1-3H3/b10-7-,19-16-,21-18-,28-25-,29-26-,30-27-,35-34-. The fourth-order valence-electron chi connectivity index (χ4n) is 9.40. The number of esters is 3. The lowest BCUT2D eigenvalue weighted by atomic mass is 10.1. The Morgan fingerprint density at radius 1 is 0.273 bits per heavy atom. The molecule has 0 rings (SSSR count). The maximum Gasteiger partial charge on any atom is 0.306 e. The third-order valence-electron chi connectivity index (χ3n) is 14.4. The van der Waals surface area contributed by atoms with Gasteiger partial charge in [0.05, 0.1) is 0 Å². The van der Waals surface area contributed by atoms with Gasteiger partial charge in [-0.2, -0.15) is 0 Å². The molecular weight excluding hydrogens is 949 g/mol. The van der Waals surface area contributed by atoms with Crippen LogP contribution < -0.4 is 0 Å². The second-order valence-corrected chi connectivity index (χ2v) is 22.0. The number of allylic oxidation sites excluding steroid dienone is 14. The summed E-state index contributed by atoms with van der Waals surface area (Å²) < 4.78 is 17.0. The first-order valence-electron chi connectivity index (χ1n) is 33.1. The summed E-state index contributed by atoms with van der Waals surface area (Å²) in [6.45, 7) is 6.53. The first-order chi connectivity index (χ1) is 38.0. The molecular formula is C71H124O6. The molecule has 0 aromatic rings. The largest absolute Gasteiger partial charge is 0.462 e. The molecule has 0 spiro atoms. The van der Waals surface area contributed by atoms with Gasteiger partial charge >= 0.3 is 17.9 Å². The van der Waals surface area contributed by atoms with Gasteiger partial charge in [-0.05, 0) is 116 Å². The number of hydrogen-bond acceptors (Lipinski definition) is 6. The van der Waals surface area contributed by atoms with E-state index in [4.69, 9.17) is 14.2 Å². The lowest BCUT2D eigenvalue weighted by molar-refractivity contribution is -0.167. The zero-order valence-corrected chi connectivity index (χ0v) is 51.0. The van der Waals surface area contributed by atoms with Crippen LogP contribution in [0, 0.1) is 0 Å². The van der Waals surface area contributed by atoms with Crippen molar-refractivity contribution >= 4 is 17.9 Å². The predicted molar refractivity (Wildman–Crippen MR) is 334 cm³/mol. The number of hydrogen-bond donors (Lipinski definition) is 0. The van der Waals surface area contributed by atoms with Gasteiger partial charge in [0.1, 0.15) is 13.2 Å². The first-order valence-corrected chi connectivity index (χ1v) is 33.1. The Morgan fingerprint density at radius 2 is 0.506 bits per heavy atom. The average Bonchev–Trinajstić information content (AvgIpc) is 3.43. The summed E-state index contributed by atoms with van der Waals surface area (Å²) in [5.41, 5.74) is 0. The van der Waals surface area contributed by atoms with Crippen molar-refractivity contribution in [3.8, 4) is 0 Å². The Morgan fingerprint density at radius 3 is 0.831 bits per heavy atom. The molecule has 0 fully saturated rings. The van der Waals surface area contributed by atoms with Crippen molar-refractivity contribution in [1.29, 1.82) is 0 Å². The van der Waals surface area contributed by atoms with Gasteiger partial charge < -0.3 is 14.2 Å². The zero-order valence-electron chi connectivity index (χ0n) is 51.0. The molecule has 444 valence electrons. The van der Waals surface area contributed by atoms with Gasteiger partial charge in [-0.25, -0.2) is 0 Å². The highest BCUT2D eigenvalue weighted by Crippen LogP contribution is 2.16. The predicted octanol–water partition coefficient (Wildman–Crippen LogP) is 22.7. The van der Waals surface area contributed by atoms with Crippen LogP contribution >= 0.6 is 0 Å². The maximum absolute atomic E-state index is 12.9. The van der Waals surface area contributed by atoms with E-state index in [-0.39, 0.29) is 31.1 Å². The van der Waals surface area contributed by atoms with Crippen LogP contribution in [0.25, 0.3) is 0 Å². The Bertz CT molecular complexity index is 1470. The highest BCUT2D eigenvalue weighted by molar-refractivity contribution is 5.71. The van der Waals surface area contributed by atoms with Crippen LogP contribution in [-0.2, 0) is 28.6 Å². The number of unbranched alkanes of at least 4 members (excludes halogenated alkanes) is 35. The average molecular weight is 1070 g/mol. The van der Waals surface area contributed by atoms with E-state index in [0.29, 0.717) is 19.3 Å². The number of carbonyl (C=O) groups excluding carboxylic acids is 3. The van der Waals surface area contributed by atoms with Gasteiger partial charge in [0, 0.05) is 19.3 Å². The van der Waals surface area contributed by atoms with E-state index in [9.17, 15) is 14.4 Å². The fraction of sp³-hybridized carbons (Fsp3) is 0.761. The summed E-state index contributed by atoms with van der Waals surface area (Å²) >= 11 is 0. The molecule has 0 aromatic heterocycles. The van der Waals surface area contributed by atoms with Crippen LogP contribution in [0.3, 0.4) is 0 Å². The minimum absolute atomic E-state index is 0.0803. The summed E-state index contributed by atoms with van der Waals surface area (Å²) in [7, 11) is 0. The van der Waals surface area contributed by atoms with Crippen molar-refractivity contribution in [2.24, 2.45) is 0 Å². The van der Waals surface area contributed by atoms with Gasteiger partial charge in [-0.1, -0.05) is 279 Å². The van der Waals surface area contributed by atoms with E-state index in [1.54, 1.807) is 0 Å². The molecule has 6 nitrogen and oxygen atoms in total. The Balaban J connectivity index is 4.39. The first kappa shape index (κ1) is 73.6. The fourth-order valence-corrected chi connectivity index (χ4v) is 9.40. The molecule has 0 aliphatic rings. The molecule has 0 radical (unpaired) electrons. The monoisotopic (exact) mass is 1070 g/mol. The Hall–Kier alpha value is -3.41. The van der Waals surface area contributed by atoms with Crippen LogP contribution in [0.15, 0.2) is 85.1 Å². The van der Waals surface area contributed by atoms with Gasteiger partial charge in [0.15, 0.2) is 6.10 Å². The smallest absolute Gasteiger partial charge is 0.306 e. The number of rotatable bonds is 60. The minimum atomic E-state index is -0.785. The molecule has 77 heavy (non-hydrogen) atoms. The SMILES string of the molecule is CC/C=C\C/C=C\C/C=C\C/C=C\CCCCCCCCCCC(=O)OCC(COC(=O)CCCCCCCCCCC/C=C\CCCCCCCC)OC(=O)CCCCCCCCCCC/C=C\C/C=C\CCCCC. The zero-order chi connectivity index (χ0) is 55.7. The van der Waals surface area contributed by atoms with E-state index >= 15 is 0 Å². The summed E-state index contributed by atoms with van der Waals surface area (Å²) in [5, 5.41) is 0. The van der Waals surface area contributed by atoms with Crippen LogP contribution in [0.5, 0.6) is 0 Å². The van der Waals surface area contributed by atoms with Crippen molar-refractivity contribution < 1.29 is 28.6 Å². The quantitative estimate of drug-likeness (QED) is 0.0261. The summed E-state index contributed by atoms with van der Waals surface area (Å²) in [5.74, 6) is -0.880. The molecule has 1 atom stereocenters. The van der Waals surface area contributed by atoms with Gasteiger partial charge in [0.2, 0.25) is 0 Å². The molecule has 6 heteroatoms. The molecule has 0 saturated heterocycles. The van der Waals surface area contributed by atoms with Crippen molar-refractivity contribution in [2.75, 3.05) is 13.2 Å². The second kappa shape index (κ2) is 65.1. The minimum Gasteiger partial charge on any atom is -0.462 e. The summed E-state index contributed by atoms with van der Waals surface area (Å²) in [6.07, 6.45) is 85.8. The molecule has 0 aromatic carbocycles. The lowest BCUT2D eigenvalue weighted by Crippen LogP contribution is -2.30. The van der Waals surface area contributed by atoms with E-state index in [2.05, 4.69) is 106 Å². The molecule has 0 bridgehead atoms. The highest BCUT2D eigenvalue weighted by atomic mass is 16.6. The molecule has 0 amide bonds. The molecule has 0 heterocycles. The maximum atomic E-state index is 12.9. The third-order valence-corrected chi connectivity index (χ3v) is 14.4. The van der Waals surface area contributed by atoms with Crippen molar-refractivity contribution in [3.63, 3.8) is 0 Å². The van der Waals surface area contributed by atoms with Crippen LogP contribution in [-0.4, -0.2) is 37.2 Å². The molecule has 0 aliphatic heterocycles. The van der Waals surface area contributed by atoms with E-state index in [1.165, 1.54) is 193 Å². The summed E-state index contributed by atoms with van der Waals surface area (Å²) in [4.78, 5) is 38.4. The number of carbonyl (C=O) groups is 3. The van der Waals surface area contributed by atoms with Crippen molar-refractivity contribution in [2.45, 2.75) is 335 Å². The second-order valence-electron chi connectivity index (χ2n) is 22.0. The van der Waals surface area contributed by atoms with Crippen LogP contribution in [0.1, 0.15) is 329 Å². The van der Waals surface area contributed by atoms with Crippen molar-refractivity contribution in [1.82, 2.24) is 0 Å². The lowest BCUT2D eigenvalue weighted by Gasteiger charge is -2.18. The molecule has 0 N–H and O–H groups in total. The normalized spacial score (nSPS) is 12.6. The van der Waals surface area contributed by atoms with Gasteiger partial charge in [-0.15, -0.1) is 0 Å². The van der Waals surface area contributed by atoms with E-state index in [0.717, 1.165) is 96.3 Å². The highest BCUT2D eigenvalue weighted by Gasteiger charge is 2.19. The number of ether oxygens (including phenoxy) is 3. The van der Waals surface area contributed by atoms with Crippen LogP contribution in [0.4, 0.5) is 0 Å². The Labute approximate surface area is 477 Å². The molecule has 1 unspecified atom stereocenters.